The Morgan fingerprint density at radius 2 is 2.06 bits per heavy atom. The van der Waals surface area contributed by atoms with E-state index in [0.717, 1.165) is 12.0 Å². The predicted molar refractivity (Wildman–Crippen MR) is 62.7 cm³/mol. The number of hydrogen-bond acceptors (Lipinski definition) is 3. The largest absolute Gasteiger partial charge is 0.508 e. The van der Waals surface area contributed by atoms with Gasteiger partial charge in [0.1, 0.15) is 11.5 Å². The van der Waals surface area contributed by atoms with E-state index in [1.807, 2.05) is 13.8 Å². The Kier molecular flexibility index (Phi) is 3.58. The fourth-order valence-corrected chi connectivity index (χ4v) is 1.48. The van der Waals surface area contributed by atoms with Gasteiger partial charge in [-0.15, -0.1) is 0 Å². The first kappa shape index (κ1) is 12.6. The molecular formula is C13H18O3. The molecule has 3 heteroatoms. The molecule has 0 unspecified atom stereocenters. The van der Waals surface area contributed by atoms with Crippen molar-refractivity contribution in [1.29, 1.82) is 0 Å². The number of phenols is 1. The zero-order valence-electron chi connectivity index (χ0n) is 10.2. The molecule has 0 saturated carbocycles. The first-order chi connectivity index (χ1) is 7.36. The van der Waals surface area contributed by atoms with Crippen molar-refractivity contribution in [3.63, 3.8) is 0 Å². The van der Waals surface area contributed by atoms with Crippen LogP contribution in [0.1, 0.15) is 39.7 Å². The van der Waals surface area contributed by atoms with E-state index in [-0.39, 0.29) is 17.1 Å². The minimum atomic E-state index is -0.356. The van der Waals surface area contributed by atoms with Gasteiger partial charge in [0, 0.05) is 12.5 Å². The lowest BCUT2D eigenvalue weighted by Gasteiger charge is -2.24. The Morgan fingerprint density at radius 1 is 1.44 bits per heavy atom. The molecule has 0 bridgehead atoms. The maximum Gasteiger partial charge on any atom is 0.308 e. The number of hydrogen-bond donors (Lipinski definition) is 1. The minimum absolute atomic E-state index is 0.139. The number of rotatable bonds is 3. The van der Waals surface area contributed by atoms with Crippen LogP contribution >= 0.6 is 0 Å². The third kappa shape index (κ3) is 2.75. The second-order valence-corrected chi connectivity index (χ2v) is 4.51. The van der Waals surface area contributed by atoms with E-state index in [9.17, 15) is 9.90 Å². The monoisotopic (exact) mass is 222 g/mol. The van der Waals surface area contributed by atoms with Crippen molar-refractivity contribution in [2.75, 3.05) is 0 Å². The van der Waals surface area contributed by atoms with E-state index in [0.29, 0.717) is 5.75 Å². The summed E-state index contributed by atoms with van der Waals surface area (Å²) in [5.74, 6) is 0.357. The van der Waals surface area contributed by atoms with Crippen molar-refractivity contribution >= 4 is 5.97 Å². The third-order valence-corrected chi connectivity index (χ3v) is 2.84. The number of carbonyl (C=O) groups is 1. The van der Waals surface area contributed by atoms with Crippen LogP contribution in [0.4, 0.5) is 0 Å². The Morgan fingerprint density at radius 3 is 2.56 bits per heavy atom. The Bertz CT molecular complexity index is 394. The topological polar surface area (TPSA) is 46.5 Å². The van der Waals surface area contributed by atoms with Gasteiger partial charge in [0.25, 0.3) is 0 Å². The molecule has 3 nitrogen and oxygen atoms in total. The highest BCUT2D eigenvalue weighted by Crippen LogP contribution is 2.35. The van der Waals surface area contributed by atoms with Gasteiger partial charge in [0.15, 0.2) is 0 Å². The molecule has 0 aliphatic heterocycles. The zero-order valence-corrected chi connectivity index (χ0v) is 10.2. The minimum Gasteiger partial charge on any atom is -0.508 e. The van der Waals surface area contributed by atoms with Crippen LogP contribution in [0.2, 0.25) is 0 Å². The molecule has 0 fully saturated rings. The van der Waals surface area contributed by atoms with Crippen molar-refractivity contribution in [3.8, 4) is 11.5 Å². The normalized spacial score (nSPS) is 11.2. The number of ether oxygens (including phenoxy) is 1. The van der Waals surface area contributed by atoms with Crippen LogP contribution in [0.15, 0.2) is 18.2 Å². The molecule has 1 rings (SSSR count). The average molecular weight is 222 g/mol. The molecule has 0 saturated heterocycles. The summed E-state index contributed by atoms with van der Waals surface area (Å²) in [6.07, 6.45) is 0.893. The lowest BCUT2D eigenvalue weighted by atomic mass is 9.81. The molecule has 0 aromatic heterocycles. The van der Waals surface area contributed by atoms with Crippen molar-refractivity contribution in [2.45, 2.75) is 39.5 Å². The van der Waals surface area contributed by atoms with Crippen molar-refractivity contribution < 1.29 is 14.6 Å². The van der Waals surface area contributed by atoms with E-state index in [4.69, 9.17) is 4.74 Å². The average Bonchev–Trinajstić information content (AvgIpc) is 2.20. The van der Waals surface area contributed by atoms with Gasteiger partial charge in [0.2, 0.25) is 0 Å². The second kappa shape index (κ2) is 4.56. The number of carbonyl (C=O) groups excluding carboxylic acids is 1. The lowest BCUT2D eigenvalue weighted by Crippen LogP contribution is -2.16. The van der Waals surface area contributed by atoms with Crippen molar-refractivity contribution in [1.82, 2.24) is 0 Å². The first-order valence-electron chi connectivity index (χ1n) is 5.38. The second-order valence-electron chi connectivity index (χ2n) is 4.51. The summed E-state index contributed by atoms with van der Waals surface area (Å²) in [4.78, 5) is 10.8. The maximum absolute atomic E-state index is 10.8. The van der Waals surface area contributed by atoms with Crippen LogP contribution in [-0.2, 0) is 10.2 Å². The van der Waals surface area contributed by atoms with Crippen LogP contribution in [0.3, 0.4) is 0 Å². The Hall–Kier alpha value is -1.51. The fourth-order valence-electron chi connectivity index (χ4n) is 1.48. The van der Waals surface area contributed by atoms with Gasteiger partial charge in [-0.3, -0.25) is 4.79 Å². The van der Waals surface area contributed by atoms with E-state index in [1.54, 1.807) is 18.2 Å². The van der Waals surface area contributed by atoms with Crippen molar-refractivity contribution in [2.24, 2.45) is 0 Å². The summed E-state index contributed by atoms with van der Waals surface area (Å²) in [5, 5.41) is 9.80. The highest BCUT2D eigenvalue weighted by Gasteiger charge is 2.22. The van der Waals surface area contributed by atoms with Crippen LogP contribution in [-0.4, -0.2) is 11.1 Å². The van der Waals surface area contributed by atoms with E-state index in [2.05, 4.69) is 6.92 Å². The summed E-state index contributed by atoms with van der Waals surface area (Å²) in [6.45, 7) is 7.49. The van der Waals surface area contributed by atoms with E-state index >= 15 is 0 Å². The predicted octanol–water partition coefficient (Wildman–Crippen LogP) is 3.01. The molecule has 0 spiro atoms. The molecule has 1 aromatic rings. The zero-order chi connectivity index (χ0) is 12.3. The first-order valence-corrected chi connectivity index (χ1v) is 5.38. The van der Waals surface area contributed by atoms with Crippen LogP contribution in [0.5, 0.6) is 11.5 Å². The van der Waals surface area contributed by atoms with Gasteiger partial charge < -0.3 is 9.84 Å². The molecular weight excluding hydrogens is 204 g/mol. The molecule has 88 valence electrons. The molecule has 0 aliphatic rings. The highest BCUT2D eigenvalue weighted by atomic mass is 16.5. The fraction of sp³-hybridized carbons (Fsp3) is 0.462. The number of benzene rings is 1. The standard InChI is InChI=1S/C13H18O3/c1-5-13(3,4)11-8-10(16-9(2)14)6-7-12(11)15/h6-8,15H,5H2,1-4H3. The molecule has 0 radical (unpaired) electrons. The van der Waals surface area contributed by atoms with Crippen LogP contribution < -0.4 is 4.74 Å². The third-order valence-electron chi connectivity index (χ3n) is 2.84. The summed E-state index contributed by atoms with van der Waals surface area (Å²) in [7, 11) is 0. The SMILES string of the molecule is CCC(C)(C)c1cc(OC(C)=O)ccc1O. The number of esters is 1. The molecule has 0 atom stereocenters. The number of aromatic hydroxyl groups is 1. The molecule has 0 amide bonds. The molecule has 1 aromatic carbocycles. The van der Waals surface area contributed by atoms with Gasteiger partial charge in [-0.25, -0.2) is 0 Å². The van der Waals surface area contributed by atoms with E-state index < -0.39 is 0 Å². The summed E-state index contributed by atoms with van der Waals surface area (Å²) < 4.78 is 5.00. The lowest BCUT2D eigenvalue weighted by molar-refractivity contribution is -0.131. The molecule has 0 heterocycles. The quantitative estimate of drug-likeness (QED) is 0.631. The molecule has 0 aliphatic carbocycles. The molecule has 16 heavy (non-hydrogen) atoms. The van der Waals surface area contributed by atoms with Gasteiger partial charge in [0.05, 0.1) is 0 Å². The van der Waals surface area contributed by atoms with Crippen LogP contribution in [0.25, 0.3) is 0 Å². The number of phenolic OH excluding ortho intramolecular Hbond substituents is 1. The Labute approximate surface area is 96.1 Å². The maximum atomic E-state index is 10.8. The van der Waals surface area contributed by atoms with Gasteiger partial charge in [-0.1, -0.05) is 20.8 Å². The van der Waals surface area contributed by atoms with Gasteiger partial charge >= 0.3 is 5.97 Å². The molecule has 1 N–H and O–H groups in total. The summed E-state index contributed by atoms with van der Waals surface area (Å²) >= 11 is 0. The smallest absolute Gasteiger partial charge is 0.308 e. The highest BCUT2D eigenvalue weighted by molar-refractivity contribution is 5.69. The van der Waals surface area contributed by atoms with Crippen LogP contribution in [0, 0.1) is 0 Å². The van der Waals surface area contributed by atoms with Gasteiger partial charge in [-0.05, 0) is 30.0 Å². The van der Waals surface area contributed by atoms with Crippen molar-refractivity contribution in [3.05, 3.63) is 23.8 Å². The van der Waals surface area contributed by atoms with E-state index in [1.165, 1.54) is 6.92 Å². The summed E-state index contributed by atoms with van der Waals surface area (Å²) in [5.41, 5.74) is 0.661. The summed E-state index contributed by atoms with van der Waals surface area (Å²) in [6, 6.07) is 4.87. The van der Waals surface area contributed by atoms with Gasteiger partial charge in [-0.2, -0.15) is 0 Å². The Balaban J connectivity index is 3.13.